The maximum atomic E-state index is 12.4. The Bertz CT molecular complexity index is 1240. The minimum atomic E-state index is -0.263. The molecular formula is C24H24N4O3. The Morgan fingerprint density at radius 3 is 2.77 bits per heavy atom. The molecule has 0 bridgehead atoms. The number of hydrogen-bond acceptors (Lipinski definition) is 5. The van der Waals surface area contributed by atoms with Gasteiger partial charge < -0.3 is 14.8 Å². The Balaban J connectivity index is 1.30. The maximum Gasteiger partial charge on any atom is 0.259 e. The van der Waals surface area contributed by atoms with E-state index in [1.165, 1.54) is 5.56 Å². The van der Waals surface area contributed by atoms with E-state index in [0.29, 0.717) is 37.3 Å². The highest BCUT2D eigenvalue weighted by atomic mass is 16.5. The molecule has 4 rings (SSSR count). The number of aromatic nitrogens is 3. The normalized spacial score (nSPS) is 11.0. The van der Waals surface area contributed by atoms with E-state index >= 15 is 0 Å². The van der Waals surface area contributed by atoms with Crippen LogP contribution in [-0.2, 0) is 17.6 Å². The molecule has 2 heterocycles. The fourth-order valence-electron chi connectivity index (χ4n) is 3.44. The average molecular weight is 416 g/mol. The van der Waals surface area contributed by atoms with Gasteiger partial charge in [-0.25, -0.2) is 0 Å². The van der Waals surface area contributed by atoms with Crippen LogP contribution >= 0.6 is 0 Å². The molecule has 0 saturated carbocycles. The molecule has 1 amide bonds. The van der Waals surface area contributed by atoms with E-state index < -0.39 is 0 Å². The highest BCUT2D eigenvalue weighted by Gasteiger charge is 2.14. The molecule has 158 valence electrons. The zero-order valence-corrected chi connectivity index (χ0v) is 17.4. The van der Waals surface area contributed by atoms with Gasteiger partial charge in [0.15, 0.2) is 0 Å². The van der Waals surface area contributed by atoms with Gasteiger partial charge in [-0.15, -0.1) is 0 Å². The second kappa shape index (κ2) is 9.38. The summed E-state index contributed by atoms with van der Waals surface area (Å²) in [6.45, 7) is 2.60. The fourth-order valence-corrected chi connectivity index (χ4v) is 3.44. The predicted octanol–water partition coefficient (Wildman–Crippen LogP) is 3.57. The summed E-state index contributed by atoms with van der Waals surface area (Å²) in [6, 6.07) is 17.6. The number of benzene rings is 2. The largest absolute Gasteiger partial charge is 0.356 e. The molecule has 7 nitrogen and oxygen atoms in total. The topological polar surface area (TPSA) is 101 Å². The molecule has 0 aliphatic rings. The van der Waals surface area contributed by atoms with Crippen molar-refractivity contribution in [2.24, 2.45) is 0 Å². The molecule has 31 heavy (non-hydrogen) atoms. The fraction of sp³-hybridized carbons (Fsp3) is 0.250. The Labute approximate surface area is 179 Å². The second-order valence-corrected chi connectivity index (χ2v) is 7.55. The van der Waals surface area contributed by atoms with Crippen molar-refractivity contribution in [3.8, 4) is 11.4 Å². The van der Waals surface area contributed by atoms with Crippen LogP contribution < -0.4 is 10.9 Å². The Hall–Kier alpha value is -3.74. The number of rotatable bonds is 8. The summed E-state index contributed by atoms with van der Waals surface area (Å²) in [5.41, 5.74) is 3.16. The molecule has 7 heteroatoms. The number of pyridine rings is 1. The van der Waals surface area contributed by atoms with E-state index in [0.717, 1.165) is 22.9 Å². The Morgan fingerprint density at radius 1 is 1.10 bits per heavy atom. The first-order valence-corrected chi connectivity index (χ1v) is 10.4. The summed E-state index contributed by atoms with van der Waals surface area (Å²) >= 11 is 0. The molecule has 2 aromatic heterocycles. The van der Waals surface area contributed by atoms with Crippen LogP contribution in [0.3, 0.4) is 0 Å². The van der Waals surface area contributed by atoms with E-state index in [4.69, 9.17) is 4.52 Å². The maximum absolute atomic E-state index is 12.4. The van der Waals surface area contributed by atoms with Crippen LogP contribution in [0.1, 0.15) is 29.9 Å². The molecule has 2 N–H and O–H groups in total. The molecule has 0 spiro atoms. The minimum Gasteiger partial charge on any atom is -0.356 e. The van der Waals surface area contributed by atoms with Gasteiger partial charge in [-0.1, -0.05) is 47.1 Å². The number of nitrogens with one attached hydrogen (secondary N) is 2. The average Bonchev–Trinajstić information content (AvgIpc) is 3.23. The van der Waals surface area contributed by atoms with Crippen molar-refractivity contribution in [2.75, 3.05) is 6.54 Å². The standard InChI is InChI=1S/C24H24N4O3/c1-16-10-11-20-18(14-16)15-19(24(30)26-20)23-27-22(31-28-23)9-5-8-21(29)25-13-12-17-6-3-2-4-7-17/h2-4,6-7,10-11,14-15H,5,8-9,12-13H2,1H3,(H,25,29)(H,26,30). The lowest BCUT2D eigenvalue weighted by Crippen LogP contribution is -2.25. The summed E-state index contributed by atoms with van der Waals surface area (Å²) in [7, 11) is 0. The van der Waals surface area contributed by atoms with Gasteiger partial charge >= 0.3 is 0 Å². The lowest BCUT2D eigenvalue weighted by atomic mass is 10.1. The van der Waals surface area contributed by atoms with Gasteiger partial charge in [0, 0.05) is 24.9 Å². The van der Waals surface area contributed by atoms with Crippen molar-refractivity contribution < 1.29 is 9.32 Å². The highest BCUT2D eigenvalue weighted by Crippen LogP contribution is 2.19. The number of fused-ring (bicyclic) bond motifs is 1. The van der Waals surface area contributed by atoms with Crippen LogP contribution in [-0.4, -0.2) is 27.6 Å². The Kier molecular flexibility index (Phi) is 6.21. The molecular weight excluding hydrogens is 392 g/mol. The molecule has 0 atom stereocenters. The molecule has 0 unspecified atom stereocenters. The van der Waals surface area contributed by atoms with Crippen LogP contribution in [0.25, 0.3) is 22.3 Å². The zero-order chi connectivity index (χ0) is 21.6. The van der Waals surface area contributed by atoms with Crippen LogP contribution in [0.15, 0.2) is 63.9 Å². The monoisotopic (exact) mass is 416 g/mol. The second-order valence-electron chi connectivity index (χ2n) is 7.55. The van der Waals surface area contributed by atoms with Crippen LogP contribution in [0.5, 0.6) is 0 Å². The van der Waals surface area contributed by atoms with E-state index in [1.54, 1.807) is 6.07 Å². The summed E-state index contributed by atoms with van der Waals surface area (Å²) in [5.74, 6) is 0.666. The van der Waals surface area contributed by atoms with Gasteiger partial charge in [0.05, 0.1) is 5.56 Å². The van der Waals surface area contributed by atoms with Crippen LogP contribution in [0.4, 0.5) is 0 Å². The summed E-state index contributed by atoms with van der Waals surface area (Å²) in [6.07, 6.45) is 2.25. The number of aromatic amines is 1. The van der Waals surface area contributed by atoms with E-state index in [-0.39, 0.29) is 17.3 Å². The first kappa shape index (κ1) is 20.5. The lowest BCUT2D eigenvalue weighted by Gasteiger charge is -2.04. The van der Waals surface area contributed by atoms with Crippen molar-refractivity contribution >= 4 is 16.8 Å². The molecule has 0 saturated heterocycles. The summed E-state index contributed by atoms with van der Waals surface area (Å²) < 4.78 is 5.29. The van der Waals surface area contributed by atoms with E-state index in [9.17, 15) is 9.59 Å². The number of amides is 1. The molecule has 0 aliphatic heterocycles. The molecule has 0 aliphatic carbocycles. The number of H-pyrrole nitrogens is 1. The van der Waals surface area contributed by atoms with Crippen molar-refractivity contribution in [3.63, 3.8) is 0 Å². The third kappa shape index (κ3) is 5.25. The number of aryl methyl sites for hydroxylation is 2. The zero-order valence-electron chi connectivity index (χ0n) is 17.4. The summed E-state index contributed by atoms with van der Waals surface area (Å²) in [4.78, 5) is 31.6. The van der Waals surface area contributed by atoms with Gasteiger partial charge in [-0.05, 0) is 48.9 Å². The van der Waals surface area contributed by atoms with Crippen LogP contribution in [0.2, 0.25) is 0 Å². The van der Waals surface area contributed by atoms with E-state index in [1.807, 2.05) is 55.5 Å². The van der Waals surface area contributed by atoms with Crippen LogP contribution in [0, 0.1) is 6.92 Å². The third-order valence-corrected chi connectivity index (χ3v) is 5.08. The van der Waals surface area contributed by atoms with Gasteiger partial charge in [-0.3, -0.25) is 9.59 Å². The third-order valence-electron chi connectivity index (χ3n) is 5.08. The summed E-state index contributed by atoms with van der Waals surface area (Å²) in [5, 5.41) is 7.79. The van der Waals surface area contributed by atoms with Crippen molar-refractivity contribution in [1.82, 2.24) is 20.4 Å². The number of carbonyl (C=O) groups is 1. The van der Waals surface area contributed by atoms with Gasteiger partial charge in [-0.2, -0.15) is 4.98 Å². The van der Waals surface area contributed by atoms with Crippen molar-refractivity contribution in [3.05, 3.63) is 82.0 Å². The predicted molar refractivity (Wildman–Crippen MR) is 119 cm³/mol. The number of hydrogen-bond donors (Lipinski definition) is 2. The molecule has 0 radical (unpaired) electrons. The smallest absolute Gasteiger partial charge is 0.259 e. The Morgan fingerprint density at radius 2 is 1.94 bits per heavy atom. The quantitative estimate of drug-likeness (QED) is 0.457. The number of nitrogens with zero attached hydrogens (tertiary/aromatic N) is 2. The minimum absolute atomic E-state index is 0.00277. The number of carbonyl (C=O) groups excluding carboxylic acids is 1. The first-order chi connectivity index (χ1) is 15.1. The van der Waals surface area contributed by atoms with Gasteiger partial charge in [0.25, 0.3) is 5.56 Å². The van der Waals surface area contributed by atoms with Gasteiger partial charge in [0.2, 0.25) is 17.6 Å². The van der Waals surface area contributed by atoms with Crippen molar-refractivity contribution in [2.45, 2.75) is 32.6 Å². The molecule has 2 aromatic carbocycles. The SMILES string of the molecule is Cc1ccc2[nH]c(=O)c(-c3noc(CCCC(=O)NCCc4ccccc4)n3)cc2c1. The lowest BCUT2D eigenvalue weighted by molar-refractivity contribution is -0.121. The first-order valence-electron chi connectivity index (χ1n) is 10.4. The highest BCUT2D eigenvalue weighted by molar-refractivity contribution is 5.82. The molecule has 4 aromatic rings. The van der Waals surface area contributed by atoms with Gasteiger partial charge in [0.1, 0.15) is 0 Å². The van der Waals surface area contributed by atoms with Crippen molar-refractivity contribution in [1.29, 1.82) is 0 Å². The molecule has 0 fully saturated rings. The van der Waals surface area contributed by atoms with E-state index in [2.05, 4.69) is 20.4 Å².